The van der Waals surface area contributed by atoms with E-state index in [1.165, 1.54) is 11.3 Å². The van der Waals surface area contributed by atoms with Crippen LogP contribution in [0.4, 0.5) is 0 Å². The standard InChI is InChI=1S/C18H15BrN2OS2/c1-3-9-21-15-8-7-13(19)11-16(15)24-18(21)20-17(22)12-5-4-6-14(10-12)23-2/h3-8,10-11H,1,9H2,2H3. The first-order chi connectivity index (χ1) is 11.6. The third-order valence-corrected chi connectivity index (χ3v) is 5.73. The Morgan fingerprint density at radius 1 is 1.38 bits per heavy atom. The fourth-order valence-electron chi connectivity index (χ4n) is 2.35. The lowest BCUT2D eigenvalue weighted by Crippen LogP contribution is -2.16. The van der Waals surface area contributed by atoms with Gasteiger partial charge in [-0.2, -0.15) is 4.99 Å². The summed E-state index contributed by atoms with van der Waals surface area (Å²) in [5.41, 5.74) is 1.65. The maximum absolute atomic E-state index is 12.6. The van der Waals surface area contributed by atoms with Gasteiger partial charge in [-0.3, -0.25) is 4.79 Å². The number of aromatic nitrogens is 1. The average molecular weight is 419 g/mol. The molecule has 0 atom stereocenters. The van der Waals surface area contributed by atoms with Crippen LogP contribution in [0.25, 0.3) is 10.2 Å². The molecule has 24 heavy (non-hydrogen) atoms. The molecule has 0 bridgehead atoms. The number of fused-ring (bicyclic) bond motifs is 1. The first-order valence-electron chi connectivity index (χ1n) is 7.25. The van der Waals surface area contributed by atoms with Crippen LogP contribution < -0.4 is 4.80 Å². The molecular weight excluding hydrogens is 404 g/mol. The quantitative estimate of drug-likeness (QED) is 0.435. The van der Waals surface area contributed by atoms with E-state index in [1.54, 1.807) is 17.8 Å². The predicted molar refractivity (Wildman–Crippen MR) is 106 cm³/mol. The van der Waals surface area contributed by atoms with E-state index < -0.39 is 0 Å². The summed E-state index contributed by atoms with van der Waals surface area (Å²) in [5, 5.41) is 0. The van der Waals surface area contributed by atoms with E-state index in [9.17, 15) is 4.79 Å². The molecule has 1 amide bonds. The van der Waals surface area contributed by atoms with Crippen LogP contribution in [-0.4, -0.2) is 16.7 Å². The molecule has 0 fully saturated rings. The summed E-state index contributed by atoms with van der Waals surface area (Å²) in [7, 11) is 0. The van der Waals surface area contributed by atoms with E-state index in [-0.39, 0.29) is 5.91 Å². The Hall–Kier alpha value is -1.63. The lowest BCUT2D eigenvalue weighted by molar-refractivity contribution is 0.0997. The van der Waals surface area contributed by atoms with Gasteiger partial charge in [-0.25, -0.2) is 0 Å². The van der Waals surface area contributed by atoms with Gasteiger partial charge in [0.05, 0.1) is 10.2 Å². The number of thioether (sulfide) groups is 1. The van der Waals surface area contributed by atoms with Crippen LogP contribution in [-0.2, 0) is 6.54 Å². The first kappa shape index (κ1) is 17.2. The van der Waals surface area contributed by atoms with E-state index in [0.29, 0.717) is 16.9 Å². The normalized spacial score (nSPS) is 11.8. The Morgan fingerprint density at radius 2 is 2.21 bits per heavy atom. The molecule has 0 radical (unpaired) electrons. The lowest BCUT2D eigenvalue weighted by Gasteiger charge is -2.01. The van der Waals surface area contributed by atoms with Crippen molar-refractivity contribution in [2.45, 2.75) is 11.4 Å². The number of hydrogen-bond donors (Lipinski definition) is 0. The molecule has 0 aliphatic rings. The number of carbonyl (C=O) groups excluding carboxylic acids is 1. The van der Waals surface area contributed by atoms with E-state index in [4.69, 9.17) is 0 Å². The van der Waals surface area contributed by atoms with Crippen LogP contribution >= 0.6 is 39.0 Å². The van der Waals surface area contributed by atoms with E-state index in [2.05, 4.69) is 27.5 Å². The highest BCUT2D eigenvalue weighted by molar-refractivity contribution is 9.10. The Balaban J connectivity index is 2.12. The summed E-state index contributed by atoms with van der Waals surface area (Å²) >= 11 is 6.60. The highest BCUT2D eigenvalue weighted by Crippen LogP contribution is 2.22. The summed E-state index contributed by atoms with van der Waals surface area (Å²) < 4.78 is 4.10. The first-order valence-corrected chi connectivity index (χ1v) is 10.1. The lowest BCUT2D eigenvalue weighted by atomic mass is 10.2. The molecule has 122 valence electrons. The van der Waals surface area contributed by atoms with Gasteiger partial charge < -0.3 is 4.57 Å². The van der Waals surface area contributed by atoms with Crippen molar-refractivity contribution in [3.05, 3.63) is 70.0 Å². The number of rotatable bonds is 4. The Bertz CT molecular complexity index is 988. The zero-order chi connectivity index (χ0) is 17.1. The van der Waals surface area contributed by atoms with Gasteiger partial charge in [0.2, 0.25) is 0 Å². The molecule has 2 aromatic carbocycles. The minimum atomic E-state index is -0.227. The van der Waals surface area contributed by atoms with Gasteiger partial charge in [-0.05, 0) is 42.7 Å². The minimum absolute atomic E-state index is 0.227. The number of allylic oxidation sites excluding steroid dienone is 1. The molecule has 0 N–H and O–H groups in total. The third kappa shape index (κ3) is 3.55. The fourth-order valence-corrected chi connectivity index (χ4v) is 4.39. The number of halogens is 1. The van der Waals surface area contributed by atoms with Crippen molar-refractivity contribution in [1.82, 2.24) is 4.57 Å². The molecule has 0 unspecified atom stereocenters. The second-order valence-corrected chi connectivity index (χ2v) is 7.85. The van der Waals surface area contributed by atoms with E-state index in [1.807, 2.05) is 53.3 Å². The van der Waals surface area contributed by atoms with Crippen molar-refractivity contribution in [3.8, 4) is 0 Å². The maximum atomic E-state index is 12.6. The SMILES string of the molecule is C=CCn1c(=NC(=O)c2cccc(SC)c2)sc2cc(Br)ccc21. The predicted octanol–water partition coefficient (Wildman–Crippen LogP) is 5.11. The van der Waals surface area contributed by atoms with Crippen molar-refractivity contribution >= 4 is 55.2 Å². The van der Waals surface area contributed by atoms with Gasteiger partial charge in [-0.15, -0.1) is 18.3 Å². The molecular formula is C18H15BrN2OS2. The highest BCUT2D eigenvalue weighted by atomic mass is 79.9. The van der Waals surface area contributed by atoms with Gasteiger partial charge in [-0.1, -0.05) is 39.4 Å². The summed E-state index contributed by atoms with van der Waals surface area (Å²) in [6.45, 7) is 4.42. The highest BCUT2D eigenvalue weighted by Gasteiger charge is 2.09. The average Bonchev–Trinajstić information content (AvgIpc) is 2.91. The van der Waals surface area contributed by atoms with Gasteiger partial charge in [0, 0.05) is 21.5 Å². The smallest absolute Gasteiger partial charge is 0.279 e. The molecule has 0 saturated carbocycles. The molecule has 0 saturated heterocycles. The molecule has 1 heterocycles. The minimum Gasteiger partial charge on any atom is -0.312 e. The zero-order valence-electron chi connectivity index (χ0n) is 13.0. The van der Waals surface area contributed by atoms with Crippen molar-refractivity contribution in [1.29, 1.82) is 0 Å². The van der Waals surface area contributed by atoms with Gasteiger partial charge >= 0.3 is 0 Å². The number of amides is 1. The van der Waals surface area contributed by atoms with Crippen molar-refractivity contribution < 1.29 is 4.79 Å². The third-order valence-electron chi connectivity index (χ3n) is 3.47. The summed E-state index contributed by atoms with van der Waals surface area (Å²) in [5.74, 6) is -0.227. The fraction of sp³-hybridized carbons (Fsp3) is 0.111. The van der Waals surface area contributed by atoms with E-state index >= 15 is 0 Å². The van der Waals surface area contributed by atoms with E-state index in [0.717, 1.165) is 19.6 Å². The number of thiazole rings is 1. The molecule has 0 aliphatic carbocycles. The second kappa shape index (κ2) is 7.51. The molecule has 6 heteroatoms. The Kier molecular flexibility index (Phi) is 5.38. The number of benzene rings is 2. The monoisotopic (exact) mass is 418 g/mol. The van der Waals surface area contributed by atoms with Gasteiger partial charge in [0.15, 0.2) is 4.80 Å². The van der Waals surface area contributed by atoms with Crippen LogP contribution in [0, 0.1) is 0 Å². The zero-order valence-corrected chi connectivity index (χ0v) is 16.2. The largest absolute Gasteiger partial charge is 0.312 e. The summed E-state index contributed by atoms with van der Waals surface area (Å²) in [6, 6.07) is 13.6. The Labute approximate surface area is 156 Å². The van der Waals surface area contributed by atoms with Crippen LogP contribution in [0.1, 0.15) is 10.4 Å². The van der Waals surface area contributed by atoms with Crippen LogP contribution in [0.2, 0.25) is 0 Å². The molecule has 0 spiro atoms. The summed E-state index contributed by atoms with van der Waals surface area (Å²) in [4.78, 5) is 18.7. The van der Waals surface area contributed by atoms with Crippen molar-refractivity contribution in [2.24, 2.45) is 4.99 Å². The second-order valence-electron chi connectivity index (χ2n) is 5.04. The number of nitrogens with zero attached hydrogens (tertiary/aromatic N) is 2. The summed E-state index contributed by atoms with van der Waals surface area (Å²) in [6.07, 6.45) is 3.80. The Morgan fingerprint density at radius 3 is 2.96 bits per heavy atom. The van der Waals surface area contributed by atoms with Crippen LogP contribution in [0.15, 0.2) is 69.5 Å². The maximum Gasteiger partial charge on any atom is 0.279 e. The topological polar surface area (TPSA) is 34.4 Å². The van der Waals surface area contributed by atoms with Crippen molar-refractivity contribution in [2.75, 3.05) is 6.26 Å². The molecule has 1 aromatic heterocycles. The molecule has 3 nitrogen and oxygen atoms in total. The van der Waals surface area contributed by atoms with Gasteiger partial charge in [0.25, 0.3) is 5.91 Å². The molecule has 0 aliphatic heterocycles. The number of carbonyl (C=O) groups is 1. The van der Waals surface area contributed by atoms with Crippen LogP contribution in [0.3, 0.4) is 0 Å². The van der Waals surface area contributed by atoms with Crippen molar-refractivity contribution in [3.63, 3.8) is 0 Å². The van der Waals surface area contributed by atoms with Gasteiger partial charge in [0.1, 0.15) is 0 Å². The number of hydrogen-bond acceptors (Lipinski definition) is 3. The molecule has 3 aromatic rings. The van der Waals surface area contributed by atoms with Crippen LogP contribution in [0.5, 0.6) is 0 Å². The molecule has 3 rings (SSSR count).